The highest BCUT2D eigenvalue weighted by Gasteiger charge is 2.08. The lowest BCUT2D eigenvalue weighted by molar-refractivity contribution is 0.207. The quantitative estimate of drug-likeness (QED) is 0.890. The summed E-state index contributed by atoms with van der Waals surface area (Å²) in [5, 5.41) is 2.93. The molecule has 0 atom stereocenters. The maximum Gasteiger partial charge on any atom is 0.317 e. The Balaban J connectivity index is 1.77. The van der Waals surface area contributed by atoms with Gasteiger partial charge >= 0.3 is 6.03 Å². The first-order chi connectivity index (χ1) is 10.7. The number of carbonyl (C=O) groups is 1. The van der Waals surface area contributed by atoms with Gasteiger partial charge < -0.3 is 15.0 Å². The first-order valence-electron chi connectivity index (χ1n) is 7.35. The van der Waals surface area contributed by atoms with E-state index in [9.17, 15) is 4.79 Å². The molecule has 0 aliphatic rings. The van der Waals surface area contributed by atoms with E-state index in [0.717, 1.165) is 23.3 Å². The highest BCUT2D eigenvalue weighted by molar-refractivity contribution is 5.73. The lowest BCUT2D eigenvalue weighted by Gasteiger charge is -2.18. The third kappa shape index (κ3) is 4.81. The molecule has 22 heavy (non-hydrogen) atoms. The Hall–Kier alpha value is -2.49. The largest absolute Gasteiger partial charge is 0.497 e. The minimum Gasteiger partial charge on any atom is -0.497 e. The molecule has 4 heteroatoms. The van der Waals surface area contributed by atoms with E-state index in [-0.39, 0.29) is 6.03 Å². The predicted octanol–water partition coefficient (Wildman–Crippen LogP) is 3.08. The molecule has 0 aromatic heterocycles. The summed E-state index contributed by atoms with van der Waals surface area (Å²) in [7, 11) is 3.45. The second kappa shape index (κ2) is 8.08. The molecule has 1 N–H and O–H groups in total. The number of benzene rings is 2. The predicted molar refractivity (Wildman–Crippen MR) is 88.0 cm³/mol. The van der Waals surface area contributed by atoms with Gasteiger partial charge in [0, 0.05) is 20.1 Å². The lowest BCUT2D eigenvalue weighted by atomic mass is 10.1. The van der Waals surface area contributed by atoms with Gasteiger partial charge in [-0.1, -0.05) is 42.5 Å². The van der Waals surface area contributed by atoms with Gasteiger partial charge in [-0.25, -0.2) is 4.79 Å². The molecule has 2 rings (SSSR count). The fourth-order valence-electron chi connectivity index (χ4n) is 2.21. The van der Waals surface area contributed by atoms with Gasteiger partial charge in [0.15, 0.2) is 0 Å². The average molecular weight is 298 g/mol. The molecule has 0 aliphatic carbocycles. The topological polar surface area (TPSA) is 41.6 Å². The van der Waals surface area contributed by atoms with E-state index in [1.807, 2.05) is 54.6 Å². The number of nitrogens with zero attached hydrogens (tertiary/aromatic N) is 1. The average Bonchev–Trinajstić information content (AvgIpc) is 2.56. The summed E-state index contributed by atoms with van der Waals surface area (Å²) in [6.45, 7) is 1.21. The van der Waals surface area contributed by atoms with Crippen molar-refractivity contribution in [2.24, 2.45) is 0 Å². The molecule has 0 aliphatic heterocycles. The van der Waals surface area contributed by atoms with Crippen molar-refractivity contribution in [1.82, 2.24) is 10.2 Å². The molecule has 0 fully saturated rings. The molecule has 2 aromatic rings. The number of amides is 2. The summed E-state index contributed by atoms with van der Waals surface area (Å²) in [6, 6.07) is 17.8. The Kier molecular flexibility index (Phi) is 5.83. The van der Waals surface area contributed by atoms with Crippen LogP contribution < -0.4 is 10.1 Å². The van der Waals surface area contributed by atoms with E-state index >= 15 is 0 Å². The van der Waals surface area contributed by atoms with Crippen molar-refractivity contribution < 1.29 is 9.53 Å². The van der Waals surface area contributed by atoms with E-state index < -0.39 is 0 Å². The first-order valence-corrected chi connectivity index (χ1v) is 7.35. The third-order valence-corrected chi connectivity index (χ3v) is 3.43. The van der Waals surface area contributed by atoms with Crippen LogP contribution in [0, 0.1) is 0 Å². The van der Waals surface area contributed by atoms with Crippen molar-refractivity contribution in [3.8, 4) is 5.75 Å². The number of hydrogen-bond donors (Lipinski definition) is 1. The Bertz CT molecular complexity index is 599. The summed E-state index contributed by atoms with van der Waals surface area (Å²) in [4.78, 5) is 13.7. The second-order valence-electron chi connectivity index (χ2n) is 5.18. The molecule has 0 heterocycles. The molecule has 0 bridgehead atoms. The number of ether oxygens (including phenoxy) is 1. The minimum atomic E-state index is -0.0632. The number of hydrogen-bond acceptors (Lipinski definition) is 2. The molecule has 2 amide bonds. The van der Waals surface area contributed by atoms with Crippen LogP contribution in [0.15, 0.2) is 54.6 Å². The highest BCUT2D eigenvalue weighted by atomic mass is 16.5. The van der Waals surface area contributed by atoms with Crippen molar-refractivity contribution >= 4 is 6.03 Å². The van der Waals surface area contributed by atoms with Gasteiger partial charge in [0.25, 0.3) is 0 Å². The Labute approximate surface area is 131 Å². The lowest BCUT2D eigenvalue weighted by Crippen LogP contribution is -2.37. The number of urea groups is 1. The van der Waals surface area contributed by atoms with Crippen molar-refractivity contribution in [2.45, 2.75) is 13.0 Å². The first kappa shape index (κ1) is 15.9. The fraction of sp³-hybridized carbons (Fsp3) is 0.278. The van der Waals surface area contributed by atoms with Crippen LogP contribution in [0.2, 0.25) is 0 Å². The highest BCUT2D eigenvalue weighted by Crippen LogP contribution is 2.12. The summed E-state index contributed by atoms with van der Waals surface area (Å²) < 4.78 is 5.19. The molecule has 0 radical (unpaired) electrons. The Morgan fingerprint density at radius 1 is 1.09 bits per heavy atom. The van der Waals surface area contributed by atoms with E-state index in [1.54, 1.807) is 19.1 Å². The van der Waals surface area contributed by atoms with Gasteiger partial charge in [0.05, 0.1) is 7.11 Å². The van der Waals surface area contributed by atoms with Crippen molar-refractivity contribution in [3.63, 3.8) is 0 Å². The molecule has 0 spiro atoms. The molecule has 2 aromatic carbocycles. The van der Waals surface area contributed by atoms with Gasteiger partial charge in [-0.05, 0) is 29.7 Å². The molecule has 116 valence electrons. The maximum absolute atomic E-state index is 12.1. The van der Waals surface area contributed by atoms with E-state index in [4.69, 9.17) is 4.74 Å². The normalized spacial score (nSPS) is 10.1. The molecule has 0 saturated carbocycles. The summed E-state index contributed by atoms with van der Waals surface area (Å²) in [5.74, 6) is 0.838. The number of carbonyl (C=O) groups excluding carboxylic acids is 1. The zero-order chi connectivity index (χ0) is 15.8. The van der Waals surface area contributed by atoms with Gasteiger partial charge in [-0.3, -0.25) is 0 Å². The summed E-state index contributed by atoms with van der Waals surface area (Å²) in [5.41, 5.74) is 2.26. The van der Waals surface area contributed by atoms with Crippen LogP contribution in [-0.2, 0) is 13.0 Å². The second-order valence-corrected chi connectivity index (χ2v) is 5.18. The Morgan fingerprint density at radius 2 is 1.82 bits per heavy atom. The van der Waals surface area contributed by atoms with E-state index in [2.05, 4.69) is 5.32 Å². The van der Waals surface area contributed by atoms with Crippen molar-refractivity contribution in [1.29, 1.82) is 0 Å². The van der Waals surface area contributed by atoms with Crippen LogP contribution in [0.4, 0.5) is 4.79 Å². The van der Waals surface area contributed by atoms with Crippen LogP contribution in [-0.4, -0.2) is 31.6 Å². The van der Waals surface area contributed by atoms with Crippen LogP contribution in [0.25, 0.3) is 0 Å². The van der Waals surface area contributed by atoms with E-state index in [0.29, 0.717) is 13.1 Å². The fourth-order valence-corrected chi connectivity index (χ4v) is 2.21. The van der Waals surface area contributed by atoms with Gasteiger partial charge in [-0.15, -0.1) is 0 Å². The number of methoxy groups -OCH3 is 1. The molecule has 0 saturated heterocycles. The molecule has 4 nitrogen and oxygen atoms in total. The van der Waals surface area contributed by atoms with Gasteiger partial charge in [-0.2, -0.15) is 0 Å². The SMILES string of the molecule is COc1cccc(CCNC(=O)N(C)Cc2ccccc2)c1. The number of nitrogens with one attached hydrogen (secondary N) is 1. The third-order valence-electron chi connectivity index (χ3n) is 3.43. The molecular weight excluding hydrogens is 276 g/mol. The summed E-state index contributed by atoms with van der Waals surface area (Å²) in [6.07, 6.45) is 0.780. The van der Waals surface area contributed by atoms with E-state index in [1.165, 1.54) is 0 Å². The monoisotopic (exact) mass is 298 g/mol. The van der Waals surface area contributed by atoms with Crippen LogP contribution in [0.3, 0.4) is 0 Å². The minimum absolute atomic E-state index is 0.0632. The number of rotatable bonds is 6. The zero-order valence-corrected chi connectivity index (χ0v) is 13.1. The van der Waals surface area contributed by atoms with Gasteiger partial charge in [0.2, 0.25) is 0 Å². The Morgan fingerprint density at radius 3 is 2.55 bits per heavy atom. The van der Waals surface area contributed by atoms with Crippen LogP contribution in [0.1, 0.15) is 11.1 Å². The zero-order valence-electron chi connectivity index (χ0n) is 13.1. The maximum atomic E-state index is 12.1. The molecule has 0 unspecified atom stereocenters. The van der Waals surface area contributed by atoms with Crippen LogP contribution >= 0.6 is 0 Å². The molecular formula is C18H22N2O2. The standard InChI is InChI=1S/C18H22N2O2/c1-20(14-16-7-4-3-5-8-16)18(21)19-12-11-15-9-6-10-17(13-15)22-2/h3-10,13H,11-12,14H2,1-2H3,(H,19,21). The van der Waals surface area contributed by atoms with Crippen LogP contribution in [0.5, 0.6) is 5.75 Å². The smallest absolute Gasteiger partial charge is 0.317 e. The van der Waals surface area contributed by atoms with Gasteiger partial charge in [0.1, 0.15) is 5.75 Å². The van der Waals surface area contributed by atoms with Crippen molar-refractivity contribution in [3.05, 3.63) is 65.7 Å². The summed E-state index contributed by atoms with van der Waals surface area (Å²) >= 11 is 0. The van der Waals surface area contributed by atoms with Crippen molar-refractivity contribution in [2.75, 3.05) is 20.7 Å².